The zero-order chi connectivity index (χ0) is 16.1. The summed E-state index contributed by atoms with van der Waals surface area (Å²) in [6.07, 6.45) is 3.19. The molecule has 0 saturated carbocycles. The molecule has 0 fully saturated rings. The molecule has 0 heterocycles. The average molecular weight is 307 g/mol. The van der Waals surface area contributed by atoms with Crippen molar-refractivity contribution >= 4 is 5.78 Å². The first-order valence-electron chi connectivity index (χ1n) is 7.90. The summed E-state index contributed by atoms with van der Waals surface area (Å²) in [5, 5.41) is 3.41. The van der Waals surface area contributed by atoms with Crippen LogP contribution < -0.4 is 10.1 Å². The molecule has 1 N–H and O–H groups in total. The molecule has 0 aliphatic heterocycles. The van der Waals surface area contributed by atoms with Crippen molar-refractivity contribution in [1.82, 2.24) is 5.32 Å². The van der Waals surface area contributed by atoms with E-state index in [4.69, 9.17) is 4.74 Å². The van der Waals surface area contributed by atoms with E-state index < -0.39 is 0 Å². The van der Waals surface area contributed by atoms with E-state index >= 15 is 0 Å². The highest BCUT2D eigenvalue weighted by molar-refractivity contribution is 5.92. The zero-order valence-electron chi connectivity index (χ0n) is 13.3. The molecule has 1 atom stereocenters. The topological polar surface area (TPSA) is 38.3 Å². The first-order valence-corrected chi connectivity index (χ1v) is 7.90. The molecule has 3 rings (SSSR count). The molecule has 2 aromatic rings. The first-order chi connectivity index (χ1) is 11.2. The van der Waals surface area contributed by atoms with Crippen molar-refractivity contribution in [1.29, 1.82) is 0 Å². The number of rotatable bonds is 5. The number of hydrogen-bond acceptors (Lipinski definition) is 3. The van der Waals surface area contributed by atoms with Crippen LogP contribution in [0.3, 0.4) is 0 Å². The van der Waals surface area contributed by atoms with Crippen LogP contribution >= 0.6 is 0 Å². The summed E-state index contributed by atoms with van der Waals surface area (Å²) >= 11 is 0. The van der Waals surface area contributed by atoms with Crippen LogP contribution in [0.4, 0.5) is 0 Å². The summed E-state index contributed by atoms with van der Waals surface area (Å²) in [5.74, 6) is 1.26. The van der Waals surface area contributed by atoms with E-state index in [0.29, 0.717) is 6.42 Å². The fourth-order valence-electron chi connectivity index (χ4n) is 2.94. The van der Waals surface area contributed by atoms with E-state index in [1.165, 1.54) is 11.1 Å². The minimum absolute atomic E-state index is 0.188. The van der Waals surface area contributed by atoms with Gasteiger partial charge >= 0.3 is 0 Å². The molecule has 3 nitrogen and oxygen atoms in total. The predicted molar refractivity (Wildman–Crippen MR) is 91.3 cm³/mol. The normalized spacial score (nSPS) is 17.5. The third-order valence-corrected chi connectivity index (χ3v) is 4.20. The molecule has 0 unspecified atom stereocenters. The van der Waals surface area contributed by atoms with E-state index in [-0.39, 0.29) is 11.7 Å². The van der Waals surface area contributed by atoms with E-state index in [1.54, 1.807) is 13.2 Å². The van der Waals surface area contributed by atoms with Crippen molar-refractivity contribution in [2.24, 2.45) is 0 Å². The van der Waals surface area contributed by atoms with Crippen LogP contribution in [-0.2, 0) is 11.3 Å². The highest BCUT2D eigenvalue weighted by atomic mass is 16.5. The maximum atomic E-state index is 12.1. The number of carbonyl (C=O) groups excluding carboxylic acids is 1. The molecule has 2 aromatic carbocycles. The van der Waals surface area contributed by atoms with E-state index in [2.05, 4.69) is 29.6 Å². The number of benzene rings is 2. The van der Waals surface area contributed by atoms with Gasteiger partial charge in [0.05, 0.1) is 7.11 Å². The third kappa shape index (κ3) is 4.01. The van der Waals surface area contributed by atoms with Gasteiger partial charge in [0, 0.05) is 24.7 Å². The second kappa shape index (κ2) is 7.14. The van der Waals surface area contributed by atoms with Gasteiger partial charge in [0.25, 0.3) is 0 Å². The molecule has 1 aliphatic carbocycles. The Morgan fingerprint density at radius 1 is 1.04 bits per heavy atom. The molecular formula is C20H21NO2. The number of methoxy groups -OCH3 is 1. The smallest absolute Gasteiger partial charge is 0.158 e. The summed E-state index contributed by atoms with van der Waals surface area (Å²) in [6, 6.07) is 18.2. The number of ether oxygens (including phenoxy) is 1. The van der Waals surface area contributed by atoms with Gasteiger partial charge in [-0.1, -0.05) is 42.5 Å². The van der Waals surface area contributed by atoms with Crippen LogP contribution in [0.25, 0.3) is 0 Å². The molecule has 0 radical (unpaired) electrons. The van der Waals surface area contributed by atoms with E-state index in [9.17, 15) is 4.79 Å². The zero-order valence-corrected chi connectivity index (χ0v) is 13.3. The van der Waals surface area contributed by atoms with Gasteiger partial charge in [-0.2, -0.15) is 0 Å². The number of carbonyl (C=O) groups is 1. The SMILES string of the molecule is COc1ccc([C@@H]2CC(=O)C=C(NCc3ccccc3)C2)cc1. The fraction of sp³-hybridized carbons (Fsp3) is 0.250. The molecule has 0 amide bonds. The van der Waals surface area contributed by atoms with Crippen molar-refractivity contribution in [3.63, 3.8) is 0 Å². The van der Waals surface area contributed by atoms with Crippen LogP contribution in [0.1, 0.15) is 29.9 Å². The second-order valence-corrected chi connectivity index (χ2v) is 5.85. The van der Waals surface area contributed by atoms with Crippen molar-refractivity contribution in [2.45, 2.75) is 25.3 Å². The largest absolute Gasteiger partial charge is 0.497 e. The summed E-state index contributed by atoms with van der Waals surface area (Å²) in [6.45, 7) is 0.745. The Bertz CT molecular complexity index is 689. The van der Waals surface area contributed by atoms with Gasteiger partial charge in [0.1, 0.15) is 5.75 Å². The summed E-state index contributed by atoms with van der Waals surface area (Å²) in [5.41, 5.74) is 3.42. The van der Waals surface area contributed by atoms with Crippen LogP contribution in [-0.4, -0.2) is 12.9 Å². The summed E-state index contributed by atoms with van der Waals surface area (Å²) < 4.78 is 5.20. The monoisotopic (exact) mass is 307 g/mol. The molecule has 1 aliphatic rings. The number of allylic oxidation sites excluding steroid dienone is 2. The van der Waals surface area contributed by atoms with Crippen molar-refractivity contribution in [3.05, 3.63) is 77.5 Å². The second-order valence-electron chi connectivity index (χ2n) is 5.85. The minimum atomic E-state index is 0.188. The lowest BCUT2D eigenvalue weighted by molar-refractivity contribution is -0.115. The average Bonchev–Trinajstić information content (AvgIpc) is 2.60. The van der Waals surface area contributed by atoms with Gasteiger partial charge in [-0.25, -0.2) is 0 Å². The molecule has 3 heteroatoms. The molecule has 0 aromatic heterocycles. The van der Waals surface area contributed by atoms with Gasteiger partial charge < -0.3 is 10.1 Å². The molecule has 23 heavy (non-hydrogen) atoms. The number of ketones is 1. The fourth-order valence-corrected chi connectivity index (χ4v) is 2.94. The van der Waals surface area contributed by atoms with E-state index in [0.717, 1.165) is 24.4 Å². The summed E-state index contributed by atoms with van der Waals surface area (Å²) in [4.78, 5) is 12.1. The molecule has 118 valence electrons. The Morgan fingerprint density at radius 3 is 2.48 bits per heavy atom. The highest BCUT2D eigenvalue weighted by Crippen LogP contribution is 2.31. The lowest BCUT2D eigenvalue weighted by Gasteiger charge is -2.23. The summed E-state index contributed by atoms with van der Waals surface area (Å²) in [7, 11) is 1.66. The first kappa shape index (κ1) is 15.3. The third-order valence-electron chi connectivity index (χ3n) is 4.20. The molecule has 0 spiro atoms. The Labute approximate surface area is 137 Å². The van der Waals surface area contributed by atoms with Gasteiger partial charge in [-0.15, -0.1) is 0 Å². The van der Waals surface area contributed by atoms with Gasteiger partial charge in [0.2, 0.25) is 0 Å². The Morgan fingerprint density at radius 2 is 1.78 bits per heavy atom. The van der Waals surface area contributed by atoms with Gasteiger partial charge in [-0.05, 0) is 35.6 Å². The molecule has 0 saturated heterocycles. The molecule has 0 bridgehead atoms. The van der Waals surface area contributed by atoms with Crippen LogP contribution in [0.15, 0.2) is 66.4 Å². The van der Waals surface area contributed by atoms with Crippen LogP contribution in [0.2, 0.25) is 0 Å². The maximum absolute atomic E-state index is 12.1. The lowest BCUT2D eigenvalue weighted by atomic mass is 9.85. The lowest BCUT2D eigenvalue weighted by Crippen LogP contribution is -2.21. The quantitative estimate of drug-likeness (QED) is 0.912. The van der Waals surface area contributed by atoms with Crippen molar-refractivity contribution in [3.8, 4) is 5.75 Å². The highest BCUT2D eigenvalue weighted by Gasteiger charge is 2.22. The van der Waals surface area contributed by atoms with Crippen molar-refractivity contribution in [2.75, 3.05) is 7.11 Å². The van der Waals surface area contributed by atoms with Gasteiger partial charge in [-0.3, -0.25) is 4.79 Å². The van der Waals surface area contributed by atoms with Gasteiger partial charge in [0.15, 0.2) is 5.78 Å². The number of hydrogen-bond donors (Lipinski definition) is 1. The van der Waals surface area contributed by atoms with Crippen LogP contribution in [0.5, 0.6) is 5.75 Å². The Hall–Kier alpha value is -2.55. The van der Waals surface area contributed by atoms with Crippen LogP contribution in [0, 0.1) is 0 Å². The predicted octanol–water partition coefficient (Wildman–Crippen LogP) is 3.82. The maximum Gasteiger partial charge on any atom is 0.158 e. The molecular weight excluding hydrogens is 286 g/mol. The standard InChI is InChI=1S/C20H21NO2/c1-23-20-9-7-16(8-10-20)17-11-18(13-19(22)12-17)21-14-15-5-3-2-4-6-15/h2-10,13,17,21H,11-12,14H2,1H3/t17-/m0/s1. The Kier molecular flexibility index (Phi) is 4.77. The van der Waals surface area contributed by atoms with Crippen molar-refractivity contribution < 1.29 is 9.53 Å². The number of nitrogens with one attached hydrogen (secondary N) is 1. The van der Waals surface area contributed by atoms with E-state index in [1.807, 2.05) is 30.3 Å². The minimum Gasteiger partial charge on any atom is -0.497 e. The Balaban J connectivity index is 1.66.